The number of fused-ring (bicyclic) bond motifs is 1. The maximum Gasteiger partial charge on any atom is 0.418 e. The van der Waals surface area contributed by atoms with Crippen molar-refractivity contribution < 1.29 is 26.3 Å². The molecule has 11 heteroatoms. The summed E-state index contributed by atoms with van der Waals surface area (Å²) in [6, 6.07) is 19.4. The lowest BCUT2D eigenvalue weighted by Crippen LogP contribution is -2.22. The van der Waals surface area contributed by atoms with Crippen molar-refractivity contribution in [2.45, 2.75) is 32.2 Å². The normalized spacial score (nSPS) is 12.2. The molecule has 0 saturated carbocycles. The first kappa shape index (κ1) is 30.0. The van der Waals surface area contributed by atoms with Crippen LogP contribution in [0.1, 0.15) is 28.1 Å². The van der Waals surface area contributed by atoms with E-state index < -0.39 is 23.5 Å². The van der Waals surface area contributed by atoms with Gasteiger partial charge in [0.15, 0.2) is 0 Å². The van der Waals surface area contributed by atoms with Gasteiger partial charge in [0, 0.05) is 42.3 Å². The number of aromatic nitrogens is 3. The highest BCUT2D eigenvalue weighted by Gasteiger charge is 2.34. The van der Waals surface area contributed by atoms with Gasteiger partial charge < -0.3 is 10.2 Å². The summed E-state index contributed by atoms with van der Waals surface area (Å²) in [4.78, 5) is 15.4. The molecule has 5 nitrogen and oxygen atoms in total. The van der Waals surface area contributed by atoms with E-state index in [1.165, 1.54) is 47.7 Å². The second kappa shape index (κ2) is 12.0. The lowest BCUT2D eigenvalue weighted by Gasteiger charge is -2.18. The van der Waals surface area contributed by atoms with Gasteiger partial charge in [-0.05, 0) is 73.6 Å². The van der Waals surface area contributed by atoms with Gasteiger partial charge in [-0.1, -0.05) is 30.3 Å². The molecule has 0 spiro atoms. The third-order valence-electron chi connectivity index (χ3n) is 7.02. The summed E-state index contributed by atoms with van der Waals surface area (Å²) < 4.78 is 80.4. The van der Waals surface area contributed by atoms with Gasteiger partial charge in [-0.2, -0.15) is 26.3 Å². The largest absolute Gasteiger partial charge is 0.418 e. The zero-order valence-corrected chi connectivity index (χ0v) is 23.3. The molecule has 222 valence electrons. The van der Waals surface area contributed by atoms with Crippen molar-refractivity contribution >= 4 is 22.4 Å². The number of anilines is 2. The average molecular weight is 596 g/mol. The molecular formula is C32H27F6N5. The van der Waals surface area contributed by atoms with Crippen LogP contribution >= 0.6 is 0 Å². The van der Waals surface area contributed by atoms with E-state index in [-0.39, 0.29) is 11.3 Å². The van der Waals surface area contributed by atoms with Crippen LogP contribution in [0.5, 0.6) is 0 Å². The number of nitrogens with one attached hydrogen (secondary N) is 1. The van der Waals surface area contributed by atoms with E-state index in [1.54, 1.807) is 6.07 Å². The molecule has 0 fully saturated rings. The highest BCUT2D eigenvalue weighted by molar-refractivity contribution is 5.93. The average Bonchev–Trinajstić information content (AvgIpc) is 2.96. The summed E-state index contributed by atoms with van der Waals surface area (Å²) >= 11 is 0. The van der Waals surface area contributed by atoms with Crippen LogP contribution in [0.15, 0.2) is 85.1 Å². The highest BCUT2D eigenvalue weighted by Crippen LogP contribution is 2.37. The molecule has 3 aromatic carbocycles. The first-order valence-electron chi connectivity index (χ1n) is 13.4. The summed E-state index contributed by atoms with van der Waals surface area (Å²) in [6.45, 7) is 3.32. The second-order valence-corrected chi connectivity index (χ2v) is 10.2. The van der Waals surface area contributed by atoms with Crippen molar-refractivity contribution in [2.75, 3.05) is 18.9 Å². The Labute approximate surface area is 244 Å². The molecule has 0 amide bonds. The van der Waals surface area contributed by atoms with Gasteiger partial charge in [-0.25, -0.2) is 9.97 Å². The molecule has 0 aliphatic heterocycles. The number of hydrogen-bond donors (Lipinski definition) is 1. The summed E-state index contributed by atoms with van der Waals surface area (Å²) in [6.07, 6.45) is -7.37. The van der Waals surface area contributed by atoms with Crippen LogP contribution in [0.25, 0.3) is 22.2 Å². The van der Waals surface area contributed by atoms with Crippen LogP contribution in [-0.4, -0.2) is 33.4 Å². The van der Waals surface area contributed by atoms with E-state index >= 15 is 0 Å². The monoisotopic (exact) mass is 595 g/mol. The molecular weight excluding hydrogens is 568 g/mol. The Morgan fingerprint density at radius 2 is 1.56 bits per heavy atom. The number of rotatable bonds is 8. The minimum absolute atomic E-state index is 0.224. The minimum atomic E-state index is -4.60. The fourth-order valence-corrected chi connectivity index (χ4v) is 4.72. The quantitative estimate of drug-likeness (QED) is 0.183. The number of pyridine rings is 1. The van der Waals surface area contributed by atoms with Gasteiger partial charge in [0.25, 0.3) is 0 Å². The van der Waals surface area contributed by atoms with Gasteiger partial charge in [-0.15, -0.1) is 0 Å². The molecule has 0 saturated heterocycles. The van der Waals surface area contributed by atoms with Crippen molar-refractivity contribution in [3.05, 3.63) is 113 Å². The zero-order valence-electron chi connectivity index (χ0n) is 23.3. The Bertz CT molecular complexity index is 1730. The number of aryl methyl sites for hydroxylation is 1. The Kier molecular flexibility index (Phi) is 8.36. The molecule has 0 aliphatic carbocycles. The van der Waals surface area contributed by atoms with Crippen LogP contribution in [-0.2, 0) is 25.3 Å². The molecule has 0 aliphatic rings. The summed E-state index contributed by atoms with van der Waals surface area (Å²) in [7, 11) is 1.96. The molecule has 1 N–H and O–H groups in total. The van der Waals surface area contributed by atoms with Crippen molar-refractivity contribution in [3.63, 3.8) is 0 Å². The van der Waals surface area contributed by atoms with Gasteiger partial charge in [0.1, 0.15) is 11.6 Å². The van der Waals surface area contributed by atoms with Crippen LogP contribution in [0, 0.1) is 6.92 Å². The highest BCUT2D eigenvalue weighted by atomic mass is 19.4. The van der Waals surface area contributed by atoms with Gasteiger partial charge in [0.05, 0.1) is 22.3 Å². The third-order valence-corrected chi connectivity index (χ3v) is 7.02. The maximum absolute atomic E-state index is 13.7. The minimum Gasteiger partial charge on any atom is -0.340 e. The summed E-state index contributed by atoms with van der Waals surface area (Å²) in [5.74, 6) is 0.748. The number of nitrogens with zero attached hydrogens (tertiary/aromatic N) is 4. The van der Waals surface area contributed by atoms with Gasteiger partial charge in [-0.3, -0.25) is 4.98 Å². The number of hydrogen-bond acceptors (Lipinski definition) is 5. The van der Waals surface area contributed by atoms with E-state index in [4.69, 9.17) is 0 Å². The third kappa shape index (κ3) is 7.11. The van der Waals surface area contributed by atoms with Crippen molar-refractivity contribution in [2.24, 2.45) is 0 Å². The molecule has 0 atom stereocenters. The fourth-order valence-electron chi connectivity index (χ4n) is 4.72. The van der Waals surface area contributed by atoms with Crippen molar-refractivity contribution in [1.29, 1.82) is 0 Å². The smallest absolute Gasteiger partial charge is 0.340 e. The number of alkyl halides is 6. The Balaban J connectivity index is 1.50. The molecule has 5 aromatic rings. The first-order chi connectivity index (χ1) is 20.4. The van der Waals surface area contributed by atoms with Crippen LogP contribution in [0.2, 0.25) is 0 Å². The summed E-state index contributed by atoms with van der Waals surface area (Å²) in [5, 5.41) is 3.56. The maximum atomic E-state index is 13.7. The van der Waals surface area contributed by atoms with E-state index in [1.807, 2.05) is 32.2 Å². The van der Waals surface area contributed by atoms with Crippen molar-refractivity contribution in [1.82, 2.24) is 19.9 Å². The lowest BCUT2D eigenvalue weighted by molar-refractivity contribution is -0.138. The van der Waals surface area contributed by atoms with E-state index in [2.05, 4.69) is 31.2 Å². The topological polar surface area (TPSA) is 53.9 Å². The Morgan fingerprint density at radius 3 is 2.26 bits per heavy atom. The standard InChI is InChI=1S/C32H27F6N5/c1-20-6-3-4-7-22(20)19-43(2)17-15-28-41-27-18-21(29-26(32(36,37)38)8-5-16-39-29)9-14-25(27)30(42-28)40-24-12-10-23(11-13-24)31(33,34)35/h3-14,16,18H,15,17,19H2,1-2H3,(H,40,41,42). The number of benzene rings is 3. The lowest BCUT2D eigenvalue weighted by atomic mass is 10.0. The van der Waals surface area contributed by atoms with E-state index in [9.17, 15) is 26.3 Å². The van der Waals surface area contributed by atoms with Gasteiger partial charge in [0.2, 0.25) is 0 Å². The SMILES string of the molecule is Cc1ccccc1CN(C)CCc1nc(Nc2ccc(C(F)(F)F)cc2)c2ccc(-c3ncccc3C(F)(F)F)cc2n1. The molecule has 5 rings (SSSR count). The first-order valence-corrected chi connectivity index (χ1v) is 13.4. The number of halogens is 6. The summed E-state index contributed by atoms with van der Waals surface area (Å²) in [5.41, 5.74) is 1.41. The molecule has 0 radical (unpaired) electrons. The predicted octanol–water partition coefficient (Wildman–Crippen LogP) is 8.46. The van der Waals surface area contributed by atoms with Crippen LogP contribution < -0.4 is 5.32 Å². The van der Waals surface area contributed by atoms with Crippen LogP contribution in [0.4, 0.5) is 37.8 Å². The second-order valence-electron chi connectivity index (χ2n) is 10.2. The Morgan fingerprint density at radius 1 is 0.814 bits per heavy atom. The van der Waals surface area contributed by atoms with Gasteiger partial charge >= 0.3 is 12.4 Å². The molecule has 2 heterocycles. The zero-order chi connectivity index (χ0) is 30.8. The molecule has 0 unspecified atom stereocenters. The molecule has 0 bridgehead atoms. The van der Waals surface area contributed by atoms with E-state index in [0.717, 1.165) is 18.2 Å². The fraction of sp³-hybridized carbons (Fsp3) is 0.219. The van der Waals surface area contributed by atoms with E-state index in [0.29, 0.717) is 47.7 Å². The van der Waals surface area contributed by atoms with Crippen LogP contribution in [0.3, 0.4) is 0 Å². The number of likely N-dealkylation sites (N-methyl/N-ethyl adjacent to an activating group) is 1. The predicted molar refractivity (Wildman–Crippen MR) is 154 cm³/mol. The Hall–Kier alpha value is -4.51. The molecule has 2 aromatic heterocycles. The van der Waals surface area contributed by atoms with Crippen molar-refractivity contribution in [3.8, 4) is 11.3 Å². The molecule has 43 heavy (non-hydrogen) atoms.